The molecule has 1 aromatic rings. The third kappa shape index (κ3) is 3.26. The molecule has 1 atom stereocenters. The van der Waals surface area contributed by atoms with Crippen LogP contribution in [0.3, 0.4) is 0 Å². The maximum Gasteiger partial charge on any atom is 0.0405 e. The summed E-state index contributed by atoms with van der Waals surface area (Å²) in [4.78, 5) is 0. The fraction of sp³-hybridized carbons (Fsp3) is 0.625. The van der Waals surface area contributed by atoms with Crippen LogP contribution in [0.5, 0.6) is 0 Å². The van der Waals surface area contributed by atoms with Crippen molar-refractivity contribution in [3.05, 3.63) is 29.3 Å². The van der Waals surface area contributed by atoms with E-state index in [1.807, 2.05) is 0 Å². The van der Waals surface area contributed by atoms with Crippen LogP contribution in [0.2, 0.25) is 0 Å². The Hall–Kier alpha value is -1.02. The fourth-order valence-corrected chi connectivity index (χ4v) is 2.84. The Morgan fingerprint density at radius 2 is 1.94 bits per heavy atom. The van der Waals surface area contributed by atoms with Crippen LogP contribution in [0.15, 0.2) is 18.2 Å². The first-order valence-corrected chi connectivity index (χ1v) is 7.43. The van der Waals surface area contributed by atoms with Crippen molar-refractivity contribution in [2.75, 3.05) is 18.4 Å². The average molecular weight is 246 g/mol. The topological polar surface area (TPSA) is 24.1 Å². The molecular weight excluding hydrogens is 220 g/mol. The molecule has 0 bridgehead atoms. The summed E-state index contributed by atoms with van der Waals surface area (Å²) in [6.07, 6.45) is 6.14. The van der Waals surface area contributed by atoms with Crippen LogP contribution in [0.25, 0.3) is 0 Å². The molecule has 0 aromatic heterocycles. The lowest BCUT2D eigenvalue weighted by Gasteiger charge is -2.17. The van der Waals surface area contributed by atoms with Crippen LogP contribution in [0.4, 0.5) is 5.69 Å². The number of benzene rings is 1. The van der Waals surface area contributed by atoms with Crippen LogP contribution in [-0.4, -0.2) is 19.1 Å². The number of aryl methyl sites for hydroxylation is 2. The van der Waals surface area contributed by atoms with Crippen molar-refractivity contribution in [2.24, 2.45) is 0 Å². The van der Waals surface area contributed by atoms with Crippen LogP contribution in [0, 0.1) is 0 Å². The van der Waals surface area contributed by atoms with Gasteiger partial charge < -0.3 is 10.6 Å². The van der Waals surface area contributed by atoms with Crippen LogP contribution >= 0.6 is 0 Å². The molecule has 1 aliphatic heterocycles. The minimum Gasteiger partial charge on any atom is -0.385 e. The number of hydrogen-bond acceptors (Lipinski definition) is 2. The molecule has 1 aromatic carbocycles. The lowest BCUT2D eigenvalue weighted by Crippen LogP contribution is -2.24. The SMILES string of the molecule is CCc1cccc(CC)c1NCCC1CCCN1. The minimum absolute atomic E-state index is 0.733. The van der Waals surface area contributed by atoms with Gasteiger partial charge in [-0.3, -0.25) is 0 Å². The molecule has 0 amide bonds. The fourth-order valence-electron chi connectivity index (χ4n) is 2.84. The Morgan fingerprint density at radius 3 is 2.50 bits per heavy atom. The van der Waals surface area contributed by atoms with E-state index in [1.54, 1.807) is 0 Å². The second-order valence-electron chi connectivity index (χ2n) is 5.17. The van der Waals surface area contributed by atoms with Gasteiger partial charge in [0, 0.05) is 18.3 Å². The normalized spacial score (nSPS) is 19.1. The van der Waals surface area contributed by atoms with Crippen LogP contribution in [0.1, 0.15) is 44.2 Å². The highest BCUT2D eigenvalue weighted by atomic mass is 15.0. The van der Waals surface area contributed by atoms with E-state index in [4.69, 9.17) is 0 Å². The van der Waals surface area contributed by atoms with Gasteiger partial charge in [0.2, 0.25) is 0 Å². The second kappa shape index (κ2) is 6.79. The molecule has 2 N–H and O–H groups in total. The van der Waals surface area contributed by atoms with E-state index >= 15 is 0 Å². The maximum atomic E-state index is 3.67. The van der Waals surface area contributed by atoms with Gasteiger partial charge in [-0.2, -0.15) is 0 Å². The summed E-state index contributed by atoms with van der Waals surface area (Å²) in [5, 5.41) is 7.23. The highest BCUT2D eigenvalue weighted by Crippen LogP contribution is 2.22. The zero-order chi connectivity index (χ0) is 12.8. The van der Waals surface area contributed by atoms with Gasteiger partial charge in [0.25, 0.3) is 0 Å². The molecule has 100 valence electrons. The van der Waals surface area contributed by atoms with E-state index < -0.39 is 0 Å². The molecule has 0 saturated carbocycles. The standard InChI is InChI=1S/C16H26N2/c1-3-13-7-5-8-14(4-2)16(13)18-12-10-15-9-6-11-17-15/h5,7-8,15,17-18H,3-4,6,9-12H2,1-2H3. The van der Waals surface area contributed by atoms with Crippen molar-refractivity contribution in [1.29, 1.82) is 0 Å². The van der Waals surface area contributed by atoms with Gasteiger partial charge in [0.1, 0.15) is 0 Å². The Morgan fingerprint density at radius 1 is 1.22 bits per heavy atom. The molecule has 0 radical (unpaired) electrons. The van der Waals surface area contributed by atoms with Crippen molar-refractivity contribution < 1.29 is 0 Å². The lowest BCUT2D eigenvalue weighted by molar-refractivity contribution is 0.574. The number of nitrogens with one attached hydrogen (secondary N) is 2. The van der Waals surface area contributed by atoms with Crippen LogP contribution in [-0.2, 0) is 12.8 Å². The number of hydrogen-bond donors (Lipinski definition) is 2. The summed E-state index contributed by atoms with van der Waals surface area (Å²) in [5.74, 6) is 0. The summed E-state index contributed by atoms with van der Waals surface area (Å²) in [6.45, 7) is 6.76. The highest BCUT2D eigenvalue weighted by Gasteiger charge is 2.13. The zero-order valence-corrected chi connectivity index (χ0v) is 11.8. The molecule has 1 fully saturated rings. The number of rotatable bonds is 6. The van der Waals surface area contributed by atoms with Gasteiger partial charge in [-0.25, -0.2) is 0 Å². The van der Waals surface area contributed by atoms with E-state index in [-0.39, 0.29) is 0 Å². The quantitative estimate of drug-likeness (QED) is 0.804. The van der Waals surface area contributed by atoms with Gasteiger partial charge in [-0.1, -0.05) is 32.0 Å². The van der Waals surface area contributed by atoms with Gasteiger partial charge in [0.05, 0.1) is 0 Å². The molecule has 2 rings (SSSR count). The molecule has 1 saturated heterocycles. The van der Waals surface area contributed by atoms with Gasteiger partial charge >= 0.3 is 0 Å². The molecule has 1 unspecified atom stereocenters. The van der Waals surface area contributed by atoms with Crippen molar-refractivity contribution in [3.63, 3.8) is 0 Å². The predicted molar refractivity (Wildman–Crippen MR) is 79.3 cm³/mol. The summed E-state index contributed by atoms with van der Waals surface area (Å²) < 4.78 is 0. The third-order valence-electron chi connectivity index (χ3n) is 3.96. The molecule has 0 aliphatic carbocycles. The molecule has 0 spiro atoms. The molecule has 18 heavy (non-hydrogen) atoms. The largest absolute Gasteiger partial charge is 0.385 e. The first-order valence-electron chi connectivity index (χ1n) is 7.43. The summed E-state index contributed by atoms with van der Waals surface area (Å²) in [5.41, 5.74) is 4.29. The Balaban J connectivity index is 1.94. The van der Waals surface area contributed by atoms with Crippen molar-refractivity contribution in [3.8, 4) is 0 Å². The summed E-state index contributed by atoms with van der Waals surface area (Å²) in [6, 6.07) is 7.41. The molecule has 2 heteroatoms. The smallest absolute Gasteiger partial charge is 0.0405 e. The predicted octanol–water partition coefficient (Wildman–Crippen LogP) is 3.37. The molecule has 2 nitrogen and oxygen atoms in total. The average Bonchev–Trinajstić information content (AvgIpc) is 2.92. The summed E-state index contributed by atoms with van der Waals surface area (Å²) in [7, 11) is 0. The maximum absolute atomic E-state index is 3.67. The van der Waals surface area contributed by atoms with E-state index in [0.29, 0.717) is 0 Å². The van der Waals surface area contributed by atoms with Crippen molar-refractivity contribution in [1.82, 2.24) is 5.32 Å². The van der Waals surface area contributed by atoms with E-state index in [0.717, 1.165) is 25.4 Å². The Kier molecular flexibility index (Phi) is 5.06. The lowest BCUT2D eigenvalue weighted by atomic mass is 10.0. The number of para-hydroxylation sites is 1. The van der Waals surface area contributed by atoms with E-state index in [9.17, 15) is 0 Å². The van der Waals surface area contributed by atoms with E-state index in [1.165, 1.54) is 42.6 Å². The van der Waals surface area contributed by atoms with Crippen molar-refractivity contribution in [2.45, 2.75) is 52.0 Å². The first kappa shape index (κ1) is 13.4. The molecule has 1 heterocycles. The minimum atomic E-state index is 0.733. The summed E-state index contributed by atoms with van der Waals surface area (Å²) >= 11 is 0. The van der Waals surface area contributed by atoms with Crippen molar-refractivity contribution >= 4 is 5.69 Å². The monoisotopic (exact) mass is 246 g/mol. The molecular formula is C16H26N2. The first-order chi connectivity index (χ1) is 8.85. The second-order valence-corrected chi connectivity index (χ2v) is 5.17. The Labute approximate surface area is 111 Å². The third-order valence-corrected chi connectivity index (χ3v) is 3.96. The number of anilines is 1. The van der Waals surface area contributed by atoms with Gasteiger partial charge in [0.15, 0.2) is 0 Å². The Bertz CT molecular complexity index is 345. The van der Waals surface area contributed by atoms with Gasteiger partial charge in [-0.05, 0) is 49.8 Å². The van der Waals surface area contributed by atoms with Gasteiger partial charge in [-0.15, -0.1) is 0 Å². The zero-order valence-electron chi connectivity index (χ0n) is 11.8. The highest BCUT2D eigenvalue weighted by molar-refractivity contribution is 5.57. The molecule has 1 aliphatic rings. The van der Waals surface area contributed by atoms with Crippen LogP contribution < -0.4 is 10.6 Å². The van der Waals surface area contributed by atoms with E-state index in [2.05, 4.69) is 42.7 Å².